The predicted octanol–water partition coefficient (Wildman–Crippen LogP) is 4.37. The standard InChI is InChI=1S/C16H17Cl2N3O/c17-13-6-5-12(15(18)7-13)9-21-10-14(8-19-21)20-16(22)11-3-1-2-4-11/h5-8,10-11H,1-4,9H2,(H,20,22). The highest BCUT2D eigenvalue weighted by atomic mass is 35.5. The van der Waals surface area contributed by atoms with Gasteiger partial charge < -0.3 is 5.32 Å². The number of hydrogen-bond donors (Lipinski definition) is 1. The van der Waals surface area contributed by atoms with Crippen LogP contribution in [0, 0.1) is 5.92 Å². The van der Waals surface area contributed by atoms with Crippen LogP contribution in [0.4, 0.5) is 5.69 Å². The lowest BCUT2D eigenvalue weighted by Crippen LogP contribution is -2.19. The van der Waals surface area contributed by atoms with Crippen LogP contribution in [-0.4, -0.2) is 15.7 Å². The van der Waals surface area contributed by atoms with Gasteiger partial charge in [0.15, 0.2) is 0 Å². The molecule has 1 saturated carbocycles. The second-order valence-electron chi connectivity index (χ2n) is 5.63. The zero-order chi connectivity index (χ0) is 15.5. The van der Waals surface area contributed by atoms with Crippen molar-refractivity contribution in [3.63, 3.8) is 0 Å². The first-order valence-corrected chi connectivity index (χ1v) is 8.14. The van der Waals surface area contributed by atoms with E-state index < -0.39 is 0 Å². The monoisotopic (exact) mass is 337 g/mol. The molecule has 1 amide bonds. The maximum Gasteiger partial charge on any atom is 0.227 e. The molecule has 0 unspecified atom stereocenters. The van der Waals surface area contributed by atoms with Gasteiger partial charge in [0.05, 0.1) is 18.4 Å². The number of halogens is 2. The fraction of sp³-hybridized carbons (Fsp3) is 0.375. The fourth-order valence-electron chi connectivity index (χ4n) is 2.77. The Morgan fingerprint density at radius 2 is 2.09 bits per heavy atom. The van der Waals surface area contributed by atoms with Crippen molar-refractivity contribution in [2.45, 2.75) is 32.2 Å². The molecule has 1 aromatic carbocycles. The Morgan fingerprint density at radius 3 is 2.82 bits per heavy atom. The van der Waals surface area contributed by atoms with Crippen molar-refractivity contribution < 1.29 is 4.79 Å². The van der Waals surface area contributed by atoms with E-state index in [0.29, 0.717) is 16.6 Å². The lowest BCUT2D eigenvalue weighted by molar-refractivity contribution is -0.119. The highest BCUT2D eigenvalue weighted by Crippen LogP contribution is 2.26. The summed E-state index contributed by atoms with van der Waals surface area (Å²) in [6.07, 6.45) is 7.74. The Kier molecular flexibility index (Phi) is 4.69. The molecule has 1 N–H and O–H groups in total. The van der Waals surface area contributed by atoms with Gasteiger partial charge in [0, 0.05) is 22.2 Å². The quantitative estimate of drug-likeness (QED) is 0.900. The van der Waals surface area contributed by atoms with Gasteiger partial charge in [-0.15, -0.1) is 0 Å². The number of amides is 1. The SMILES string of the molecule is O=C(Nc1cnn(Cc2ccc(Cl)cc2Cl)c1)C1CCCC1. The van der Waals surface area contributed by atoms with Gasteiger partial charge in [-0.05, 0) is 30.5 Å². The minimum absolute atomic E-state index is 0.0987. The summed E-state index contributed by atoms with van der Waals surface area (Å²) in [5, 5.41) is 8.42. The third kappa shape index (κ3) is 3.62. The molecule has 1 fully saturated rings. The molecule has 3 rings (SSSR count). The molecule has 0 saturated heterocycles. The highest BCUT2D eigenvalue weighted by molar-refractivity contribution is 6.35. The first-order chi connectivity index (χ1) is 10.6. The second-order valence-corrected chi connectivity index (χ2v) is 6.48. The van der Waals surface area contributed by atoms with Crippen molar-refractivity contribution in [3.05, 3.63) is 46.2 Å². The van der Waals surface area contributed by atoms with E-state index in [9.17, 15) is 4.79 Å². The summed E-state index contributed by atoms with van der Waals surface area (Å²) in [4.78, 5) is 12.1. The minimum Gasteiger partial charge on any atom is -0.323 e. The molecule has 0 spiro atoms. The molecule has 4 nitrogen and oxygen atoms in total. The van der Waals surface area contributed by atoms with Crippen LogP contribution < -0.4 is 5.32 Å². The zero-order valence-electron chi connectivity index (χ0n) is 12.1. The lowest BCUT2D eigenvalue weighted by Gasteiger charge is -2.08. The summed E-state index contributed by atoms with van der Waals surface area (Å²) in [5.41, 5.74) is 1.66. The number of rotatable bonds is 4. The number of benzene rings is 1. The molecule has 0 atom stereocenters. The molecular weight excluding hydrogens is 321 g/mol. The van der Waals surface area contributed by atoms with E-state index in [4.69, 9.17) is 23.2 Å². The van der Waals surface area contributed by atoms with Crippen LogP contribution in [0.1, 0.15) is 31.2 Å². The van der Waals surface area contributed by atoms with E-state index in [1.54, 1.807) is 23.0 Å². The number of nitrogens with one attached hydrogen (secondary N) is 1. The van der Waals surface area contributed by atoms with Gasteiger partial charge in [-0.1, -0.05) is 42.1 Å². The van der Waals surface area contributed by atoms with Crippen molar-refractivity contribution in [2.24, 2.45) is 5.92 Å². The number of nitrogens with zero attached hydrogens (tertiary/aromatic N) is 2. The summed E-state index contributed by atoms with van der Waals surface area (Å²) in [6.45, 7) is 0.537. The van der Waals surface area contributed by atoms with E-state index in [1.165, 1.54) is 0 Å². The molecular formula is C16H17Cl2N3O. The Bertz CT molecular complexity index is 678. The molecule has 6 heteroatoms. The van der Waals surface area contributed by atoms with E-state index in [0.717, 1.165) is 36.9 Å². The maximum absolute atomic E-state index is 12.1. The van der Waals surface area contributed by atoms with Crippen LogP contribution in [0.15, 0.2) is 30.6 Å². The molecule has 1 aliphatic rings. The Balaban J connectivity index is 1.64. The topological polar surface area (TPSA) is 46.9 Å². The number of carbonyl (C=O) groups is 1. The highest BCUT2D eigenvalue weighted by Gasteiger charge is 2.22. The van der Waals surface area contributed by atoms with Gasteiger partial charge in [0.1, 0.15) is 0 Å². The zero-order valence-corrected chi connectivity index (χ0v) is 13.6. The molecule has 22 heavy (non-hydrogen) atoms. The van der Waals surface area contributed by atoms with Gasteiger partial charge in [-0.25, -0.2) is 0 Å². The van der Waals surface area contributed by atoms with Gasteiger partial charge in [0.2, 0.25) is 5.91 Å². The third-order valence-electron chi connectivity index (χ3n) is 3.97. The largest absolute Gasteiger partial charge is 0.323 e. The summed E-state index contributed by atoms with van der Waals surface area (Å²) in [6, 6.07) is 5.39. The van der Waals surface area contributed by atoms with E-state index in [-0.39, 0.29) is 11.8 Å². The molecule has 1 aliphatic carbocycles. The minimum atomic E-state index is 0.0987. The second kappa shape index (κ2) is 6.71. The van der Waals surface area contributed by atoms with Crippen LogP contribution in [-0.2, 0) is 11.3 Å². The van der Waals surface area contributed by atoms with Crippen molar-refractivity contribution in [1.82, 2.24) is 9.78 Å². The lowest BCUT2D eigenvalue weighted by atomic mass is 10.1. The van der Waals surface area contributed by atoms with E-state index in [2.05, 4.69) is 10.4 Å². The molecule has 0 radical (unpaired) electrons. The van der Waals surface area contributed by atoms with Gasteiger partial charge in [-0.2, -0.15) is 5.10 Å². The van der Waals surface area contributed by atoms with Crippen LogP contribution in [0.25, 0.3) is 0 Å². The smallest absolute Gasteiger partial charge is 0.227 e. The maximum atomic E-state index is 12.1. The Labute approximate surface area is 139 Å². The van der Waals surface area contributed by atoms with Crippen molar-refractivity contribution in [2.75, 3.05) is 5.32 Å². The van der Waals surface area contributed by atoms with E-state index >= 15 is 0 Å². The van der Waals surface area contributed by atoms with Crippen LogP contribution >= 0.6 is 23.2 Å². The Hall–Kier alpha value is -1.52. The summed E-state index contributed by atoms with van der Waals surface area (Å²) < 4.78 is 1.75. The number of carbonyl (C=O) groups excluding carboxylic acids is 1. The number of aromatic nitrogens is 2. The average molecular weight is 338 g/mol. The third-order valence-corrected chi connectivity index (χ3v) is 4.56. The van der Waals surface area contributed by atoms with Crippen LogP contribution in [0.2, 0.25) is 10.0 Å². The average Bonchev–Trinajstić information content (AvgIpc) is 3.13. The van der Waals surface area contributed by atoms with E-state index in [1.807, 2.05) is 12.3 Å². The van der Waals surface area contributed by atoms with Crippen LogP contribution in [0.5, 0.6) is 0 Å². The molecule has 2 aromatic rings. The summed E-state index contributed by atoms with van der Waals surface area (Å²) >= 11 is 12.1. The van der Waals surface area contributed by atoms with Crippen molar-refractivity contribution in [1.29, 1.82) is 0 Å². The first kappa shape index (κ1) is 15.4. The van der Waals surface area contributed by atoms with Crippen molar-refractivity contribution >= 4 is 34.8 Å². The number of anilines is 1. The molecule has 0 bridgehead atoms. The fourth-order valence-corrected chi connectivity index (χ4v) is 3.24. The molecule has 1 heterocycles. The molecule has 116 valence electrons. The van der Waals surface area contributed by atoms with Gasteiger partial charge in [0.25, 0.3) is 0 Å². The predicted molar refractivity (Wildman–Crippen MR) is 88.4 cm³/mol. The molecule has 1 aromatic heterocycles. The van der Waals surface area contributed by atoms with Crippen LogP contribution in [0.3, 0.4) is 0 Å². The van der Waals surface area contributed by atoms with Gasteiger partial charge in [-0.3, -0.25) is 9.48 Å². The normalized spacial score (nSPS) is 15.2. The molecule has 0 aliphatic heterocycles. The van der Waals surface area contributed by atoms with Crippen molar-refractivity contribution in [3.8, 4) is 0 Å². The van der Waals surface area contributed by atoms with Gasteiger partial charge >= 0.3 is 0 Å². The number of hydrogen-bond acceptors (Lipinski definition) is 2. The summed E-state index contributed by atoms with van der Waals surface area (Å²) in [5.74, 6) is 0.246. The summed E-state index contributed by atoms with van der Waals surface area (Å²) in [7, 11) is 0. The Morgan fingerprint density at radius 1 is 1.32 bits per heavy atom. The first-order valence-electron chi connectivity index (χ1n) is 7.39.